The molecule has 0 saturated heterocycles. The number of alkyl halides is 3. The molecule has 0 unspecified atom stereocenters. The zero-order chi connectivity index (χ0) is 21.2. The van der Waals surface area contributed by atoms with E-state index in [2.05, 4.69) is 14.8 Å². The van der Waals surface area contributed by atoms with E-state index in [0.29, 0.717) is 23.8 Å². The first-order valence-corrected chi connectivity index (χ1v) is 9.82. The average Bonchev–Trinajstić information content (AvgIpc) is 3.08. The second-order valence-electron chi connectivity index (χ2n) is 6.02. The lowest BCUT2D eigenvalue weighted by molar-refractivity contribution is -0.137. The second-order valence-corrected chi connectivity index (χ2v) is 7.78. The van der Waals surface area contributed by atoms with Gasteiger partial charge in [-0.25, -0.2) is 22.8 Å². The molecule has 12 heteroatoms. The van der Waals surface area contributed by atoms with Crippen LogP contribution >= 0.6 is 0 Å². The Morgan fingerprint density at radius 3 is 2.38 bits per heavy atom. The number of nitrogens with one attached hydrogen (secondary N) is 1. The minimum atomic E-state index is -4.55. The molecule has 154 valence electrons. The highest BCUT2D eigenvalue weighted by Gasteiger charge is 2.30. The summed E-state index contributed by atoms with van der Waals surface area (Å²) in [6.07, 6.45) is -1.31. The maximum Gasteiger partial charge on any atom is 0.416 e. The van der Waals surface area contributed by atoms with E-state index in [1.165, 1.54) is 12.1 Å². The molecule has 0 spiro atoms. The fraction of sp³-hybridized carbons (Fsp3) is 0.235. The van der Waals surface area contributed by atoms with Gasteiger partial charge in [-0.05, 0) is 37.3 Å². The second kappa shape index (κ2) is 7.79. The van der Waals surface area contributed by atoms with E-state index in [4.69, 9.17) is 0 Å². The van der Waals surface area contributed by atoms with Crippen molar-refractivity contribution in [1.29, 1.82) is 0 Å². The molecule has 0 saturated carbocycles. The topological polar surface area (TPSA) is 98.9 Å². The summed E-state index contributed by atoms with van der Waals surface area (Å²) in [5, 5.41) is 4.17. The average molecular weight is 427 g/mol. The van der Waals surface area contributed by atoms with Crippen molar-refractivity contribution in [3.8, 4) is 5.82 Å². The summed E-state index contributed by atoms with van der Waals surface area (Å²) in [5.74, 6) is 1.09. The molecular formula is C17H16F3N5O3S. The first kappa shape index (κ1) is 20.7. The number of sulfonamides is 1. The summed E-state index contributed by atoms with van der Waals surface area (Å²) in [6.45, 7) is 1.51. The minimum absolute atomic E-state index is 0.0692. The van der Waals surface area contributed by atoms with Crippen molar-refractivity contribution in [3.05, 3.63) is 70.5 Å². The van der Waals surface area contributed by atoms with E-state index >= 15 is 0 Å². The zero-order valence-corrected chi connectivity index (χ0v) is 15.9. The van der Waals surface area contributed by atoms with Crippen LogP contribution in [0.4, 0.5) is 13.2 Å². The highest BCUT2D eigenvalue weighted by molar-refractivity contribution is 7.89. The monoisotopic (exact) mass is 427 g/mol. The molecule has 3 aromatic rings. The van der Waals surface area contributed by atoms with Gasteiger partial charge in [0, 0.05) is 25.0 Å². The molecule has 0 radical (unpaired) electrons. The van der Waals surface area contributed by atoms with Crippen LogP contribution in [0, 0.1) is 6.92 Å². The van der Waals surface area contributed by atoms with Gasteiger partial charge in [-0.3, -0.25) is 9.36 Å². The summed E-state index contributed by atoms with van der Waals surface area (Å²) in [5.41, 5.74) is -1.38. The zero-order valence-electron chi connectivity index (χ0n) is 15.1. The summed E-state index contributed by atoms with van der Waals surface area (Å²) in [4.78, 5) is 15.7. The van der Waals surface area contributed by atoms with Crippen molar-refractivity contribution in [2.45, 2.75) is 24.5 Å². The van der Waals surface area contributed by atoms with Gasteiger partial charge in [-0.15, -0.1) is 0 Å². The maximum atomic E-state index is 12.6. The number of nitrogens with zero attached hydrogens (tertiary/aromatic N) is 4. The lowest BCUT2D eigenvalue weighted by Gasteiger charge is -2.11. The molecule has 0 fully saturated rings. The van der Waals surface area contributed by atoms with Crippen molar-refractivity contribution in [2.24, 2.45) is 0 Å². The van der Waals surface area contributed by atoms with Crippen LogP contribution < -0.4 is 10.3 Å². The largest absolute Gasteiger partial charge is 0.416 e. The number of aromatic nitrogens is 4. The molecule has 0 bridgehead atoms. The smallest absolute Gasteiger partial charge is 0.287 e. The van der Waals surface area contributed by atoms with Crippen molar-refractivity contribution < 1.29 is 21.6 Å². The summed E-state index contributed by atoms with van der Waals surface area (Å²) in [6, 6.07) is 5.94. The Bertz CT molecular complexity index is 1170. The minimum Gasteiger partial charge on any atom is -0.287 e. The maximum absolute atomic E-state index is 12.6. The molecular weight excluding hydrogens is 411 g/mol. The van der Waals surface area contributed by atoms with Crippen LogP contribution in [0.5, 0.6) is 0 Å². The third-order valence-electron chi connectivity index (χ3n) is 4.03. The van der Waals surface area contributed by atoms with Crippen LogP contribution in [0.2, 0.25) is 0 Å². The molecule has 0 amide bonds. The number of rotatable bonds is 6. The summed E-state index contributed by atoms with van der Waals surface area (Å²) in [7, 11) is -4.04. The van der Waals surface area contributed by atoms with Gasteiger partial charge in [0.05, 0.1) is 17.0 Å². The molecule has 0 aliphatic rings. The Morgan fingerprint density at radius 1 is 1.10 bits per heavy atom. The third-order valence-corrected chi connectivity index (χ3v) is 5.51. The van der Waals surface area contributed by atoms with Gasteiger partial charge in [0.2, 0.25) is 10.0 Å². The number of imidazole rings is 1. The van der Waals surface area contributed by atoms with Crippen molar-refractivity contribution in [3.63, 3.8) is 0 Å². The molecule has 0 aliphatic heterocycles. The Hall–Kier alpha value is -2.99. The van der Waals surface area contributed by atoms with Gasteiger partial charge in [0.1, 0.15) is 5.82 Å². The number of halogens is 3. The van der Waals surface area contributed by atoms with Crippen LogP contribution in [-0.2, 0) is 22.7 Å². The standard InChI is InChI=1S/C17H16F3N5O3S/c1-12-21-8-10-24(12)15-6-7-16(26)25(23-15)11-9-22-29(27,28)14-4-2-13(3-5-14)17(18,19)20/h2-8,10,22H,9,11H2,1H3. The van der Waals surface area contributed by atoms with Crippen molar-refractivity contribution in [1.82, 2.24) is 24.1 Å². The fourth-order valence-corrected chi connectivity index (χ4v) is 3.56. The lowest BCUT2D eigenvalue weighted by atomic mass is 10.2. The molecule has 1 N–H and O–H groups in total. The molecule has 8 nitrogen and oxygen atoms in total. The van der Waals surface area contributed by atoms with Crippen LogP contribution in [0.25, 0.3) is 5.82 Å². The van der Waals surface area contributed by atoms with Gasteiger partial charge in [0.25, 0.3) is 5.56 Å². The van der Waals surface area contributed by atoms with Gasteiger partial charge in [0.15, 0.2) is 5.82 Å². The van der Waals surface area contributed by atoms with Crippen molar-refractivity contribution >= 4 is 10.0 Å². The predicted octanol–water partition coefficient (Wildman–Crippen LogP) is 1.73. The number of aryl methyl sites for hydroxylation is 1. The molecule has 0 atom stereocenters. The van der Waals surface area contributed by atoms with Gasteiger partial charge < -0.3 is 0 Å². The van der Waals surface area contributed by atoms with E-state index in [0.717, 1.165) is 16.8 Å². The highest BCUT2D eigenvalue weighted by Crippen LogP contribution is 2.29. The Kier molecular flexibility index (Phi) is 5.57. The lowest BCUT2D eigenvalue weighted by Crippen LogP contribution is -2.32. The number of benzene rings is 1. The van der Waals surface area contributed by atoms with Crippen LogP contribution in [-0.4, -0.2) is 34.3 Å². The normalized spacial score (nSPS) is 12.3. The SMILES string of the molecule is Cc1nccn1-c1ccc(=O)n(CCNS(=O)(=O)c2ccc(C(F)(F)F)cc2)n1. The van der Waals surface area contributed by atoms with E-state index in [1.54, 1.807) is 23.9 Å². The summed E-state index contributed by atoms with van der Waals surface area (Å²) < 4.78 is 67.3. The molecule has 29 heavy (non-hydrogen) atoms. The van der Waals surface area contributed by atoms with Gasteiger partial charge in [-0.2, -0.15) is 18.3 Å². The predicted molar refractivity (Wildman–Crippen MR) is 97.0 cm³/mol. The van der Waals surface area contributed by atoms with E-state index in [-0.39, 0.29) is 18.0 Å². The Morgan fingerprint density at radius 2 is 1.79 bits per heavy atom. The highest BCUT2D eigenvalue weighted by atomic mass is 32.2. The Labute approximate surface area is 163 Å². The van der Waals surface area contributed by atoms with Crippen molar-refractivity contribution in [2.75, 3.05) is 6.54 Å². The van der Waals surface area contributed by atoms with Gasteiger partial charge >= 0.3 is 6.18 Å². The van der Waals surface area contributed by atoms with Crippen LogP contribution in [0.15, 0.2) is 58.5 Å². The fourth-order valence-electron chi connectivity index (χ4n) is 2.54. The first-order valence-electron chi connectivity index (χ1n) is 8.33. The van der Waals surface area contributed by atoms with E-state index in [9.17, 15) is 26.4 Å². The number of hydrogen-bond donors (Lipinski definition) is 1. The van der Waals surface area contributed by atoms with E-state index < -0.39 is 27.3 Å². The Balaban J connectivity index is 1.71. The quantitative estimate of drug-likeness (QED) is 0.646. The molecule has 0 aliphatic carbocycles. The third kappa shape index (κ3) is 4.71. The van der Waals surface area contributed by atoms with Gasteiger partial charge in [-0.1, -0.05) is 0 Å². The number of hydrogen-bond acceptors (Lipinski definition) is 5. The molecule has 2 aromatic heterocycles. The van der Waals surface area contributed by atoms with Crippen LogP contribution in [0.1, 0.15) is 11.4 Å². The molecule has 1 aromatic carbocycles. The van der Waals surface area contributed by atoms with E-state index in [1.807, 2.05) is 0 Å². The first-order chi connectivity index (χ1) is 13.6. The molecule has 3 rings (SSSR count). The van der Waals surface area contributed by atoms with Crippen LogP contribution in [0.3, 0.4) is 0 Å². The molecule has 2 heterocycles. The summed E-state index contributed by atoms with van der Waals surface area (Å²) >= 11 is 0.